The molecule has 1 aliphatic rings. The van der Waals surface area contributed by atoms with E-state index in [1.165, 1.54) is 0 Å². The average Bonchev–Trinajstić information content (AvgIpc) is 3.29. The molecule has 26 heavy (non-hydrogen) atoms. The van der Waals surface area contributed by atoms with Crippen molar-refractivity contribution in [2.75, 3.05) is 27.3 Å². The van der Waals surface area contributed by atoms with Gasteiger partial charge in [0.15, 0.2) is 0 Å². The van der Waals surface area contributed by atoms with Crippen molar-refractivity contribution in [2.45, 2.75) is 24.9 Å². The standard InChI is InChI=1S/C19H24N4O3/c1-20-18(25)19(14-26-2)9-6-10-23(19)17(24)16-11-21-22(13-16)12-15-7-4-3-5-8-15/h3-5,7-8,11,13H,6,9-10,12,14H2,1-2H3,(H,20,25). The Morgan fingerprint density at radius 3 is 2.77 bits per heavy atom. The van der Waals surface area contributed by atoms with Gasteiger partial charge in [0, 0.05) is 26.9 Å². The SMILES string of the molecule is CNC(=O)C1(COC)CCCN1C(=O)c1cnn(Cc2ccccc2)c1. The normalized spacial score (nSPS) is 19.5. The van der Waals surface area contributed by atoms with Crippen LogP contribution in [-0.4, -0.2) is 59.3 Å². The molecule has 1 unspecified atom stereocenters. The highest BCUT2D eigenvalue weighted by molar-refractivity contribution is 5.99. The van der Waals surface area contributed by atoms with E-state index in [0.717, 1.165) is 12.0 Å². The summed E-state index contributed by atoms with van der Waals surface area (Å²) in [6.45, 7) is 1.29. The monoisotopic (exact) mass is 356 g/mol. The van der Waals surface area contributed by atoms with Gasteiger partial charge in [0.2, 0.25) is 5.91 Å². The van der Waals surface area contributed by atoms with Crippen LogP contribution in [0.4, 0.5) is 0 Å². The van der Waals surface area contributed by atoms with Crippen molar-refractivity contribution in [3.05, 3.63) is 53.9 Å². The van der Waals surface area contributed by atoms with Crippen molar-refractivity contribution in [3.8, 4) is 0 Å². The van der Waals surface area contributed by atoms with Gasteiger partial charge in [-0.1, -0.05) is 30.3 Å². The van der Waals surface area contributed by atoms with Crippen molar-refractivity contribution in [1.82, 2.24) is 20.0 Å². The van der Waals surface area contributed by atoms with Gasteiger partial charge in [-0.3, -0.25) is 14.3 Å². The minimum absolute atomic E-state index is 0.177. The fourth-order valence-electron chi connectivity index (χ4n) is 3.58. The Labute approximate surface area is 152 Å². The molecule has 1 aliphatic heterocycles. The number of rotatable bonds is 6. The summed E-state index contributed by atoms with van der Waals surface area (Å²) in [6.07, 6.45) is 4.64. The first kappa shape index (κ1) is 18.1. The Hall–Kier alpha value is -2.67. The van der Waals surface area contributed by atoms with Crippen LogP contribution in [-0.2, 0) is 16.1 Å². The number of benzene rings is 1. The lowest BCUT2D eigenvalue weighted by molar-refractivity contribution is -0.133. The van der Waals surface area contributed by atoms with E-state index in [2.05, 4.69) is 10.4 Å². The van der Waals surface area contributed by atoms with Gasteiger partial charge in [0.05, 0.1) is 24.9 Å². The molecule has 1 N–H and O–H groups in total. The highest BCUT2D eigenvalue weighted by atomic mass is 16.5. The fraction of sp³-hybridized carbons (Fsp3) is 0.421. The Balaban J connectivity index is 1.81. The molecule has 0 saturated carbocycles. The van der Waals surface area contributed by atoms with Crippen molar-refractivity contribution in [1.29, 1.82) is 0 Å². The van der Waals surface area contributed by atoms with Crippen molar-refractivity contribution >= 4 is 11.8 Å². The smallest absolute Gasteiger partial charge is 0.258 e. The van der Waals surface area contributed by atoms with Crippen LogP contribution >= 0.6 is 0 Å². The molecule has 3 rings (SSSR count). The molecule has 7 heteroatoms. The van der Waals surface area contributed by atoms with E-state index in [4.69, 9.17) is 4.74 Å². The zero-order valence-corrected chi connectivity index (χ0v) is 15.1. The summed E-state index contributed by atoms with van der Waals surface area (Å²) < 4.78 is 7.01. The minimum atomic E-state index is -0.956. The van der Waals surface area contributed by atoms with Crippen LogP contribution < -0.4 is 5.32 Å². The molecule has 1 saturated heterocycles. The first-order valence-electron chi connectivity index (χ1n) is 8.70. The molecular weight excluding hydrogens is 332 g/mol. The fourth-order valence-corrected chi connectivity index (χ4v) is 3.58. The second-order valence-electron chi connectivity index (χ2n) is 6.52. The summed E-state index contributed by atoms with van der Waals surface area (Å²) in [5.41, 5.74) is 0.629. The van der Waals surface area contributed by atoms with Crippen LogP contribution in [0.25, 0.3) is 0 Å². The summed E-state index contributed by atoms with van der Waals surface area (Å²) in [7, 11) is 3.13. The molecule has 1 aromatic carbocycles. The van der Waals surface area contributed by atoms with Crippen LogP contribution in [0, 0.1) is 0 Å². The number of nitrogens with one attached hydrogen (secondary N) is 1. The quantitative estimate of drug-likeness (QED) is 0.846. The molecule has 2 aromatic rings. The van der Waals surface area contributed by atoms with Gasteiger partial charge < -0.3 is 15.0 Å². The molecule has 0 spiro atoms. The van der Waals surface area contributed by atoms with Crippen LogP contribution in [0.3, 0.4) is 0 Å². The zero-order valence-electron chi connectivity index (χ0n) is 15.1. The van der Waals surface area contributed by atoms with Gasteiger partial charge in [0.1, 0.15) is 5.54 Å². The van der Waals surface area contributed by atoms with E-state index < -0.39 is 5.54 Å². The number of carbonyl (C=O) groups excluding carboxylic acids is 2. The van der Waals surface area contributed by atoms with E-state index in [9.17, 15) is 9.59 Å². The largest absolute Gasteiger partial charge is 0.382 e. The summed E-state index contributed by atoms with van der Waals surface area (Å²) >= 11 is 0. The predicted octanol–water partition coefficient (Wildman–Crippen LogP) is 1.30. The number of hydrogen-bond donors (Lipinski definition) is 1. The molecule has 1 fully saturated rings. The number of methoxy groups -OCH3 is 1. The number of hydrogen-bond acceptors (Lipinski definition) is 4. The number of nitrogens with zero attached hydrogens (tertiary/aromatic N) is 3. The number of aromatic nitrogens is 2. The van der Waals surface area contributed by atoms with E-state index in [1.807, 2.05) is 30.3 Å². The summed E-state index contributed by atoms with van der Waals surface area (Å²) in [5.74, 6) is -0.385. The van der Waals surface area contributed by atoms with Gasteiger partial charge in [-0.25, -0.2) is 0 Å². The first-order chi connectivity index (χ1) is 12.6. The molecule has 0 bridgehead atoms. The van der Waals surface area contributed by atoms with E-state index in [0.29, 0.717) is 25.1 Å². The third-order valence-electron chi connectivity index (χ3n) is 4.83. The third kappa shape index (κ3) is 3.35. The summed E-state index contributed by atoms with van der Waals surface area (Å²) in [6, 6.07) is 9.93. The van der Waals surface area contributed by atoms with Crippen molar-refractivity contribution < 1.29 is 14.3 Å². The van der Waals surface area contributed by atoms with Crippen LogP contribution in [0.2, 0.25) is 0 Å². The third-order valence-corrected chi connectivity index (χ3v) is 4.83. The lowest BCUT2D eigenvalue weighted by atomic mass is 9.95. The van der Waals surface area contributed by atoms with Crippen molar-refractivity contribution in [3.63, 3.8) is 0 Å². The zero-order chi connectivity index (χ0) is 18.6. The van der Waals surface area contributed by atoms with Crippen LogP contribution in [0.15, 0.2) is 42.7 Å². The van der Waals surface area contributed by atoms with E-state index >= 15 is 0 Å². The maximum atomic E-state index is 13.1. The number of carbonyl (C=O) groups is 2. The molecule has 138 valence electrons. The molecule has 2 heterocycles. The minimum Gasteiger partial charge on any atom is -0.382 e. The predicted molar refractivity (Wildman–Crippen MR) is 96.7 cm³/mol. The van der Waals surface area contributed by atoms with E-state index in [1.54, 1.807) is 36.1 Å². The Bertz CT molecular complexity index is 774. The number of ether oxygens (including phenoxy) is 1. The molecular formula is C19H24N4O3. The first-order valence-corrected chi connectivity index (χ1v) is 8.70. The highest BCUT2D eigenvalue weighted by Crippen LogP contribution is 2.31. The second-order valence-corrected chi connectivity index (χ2v) is 6.52. The topological polar surface area (TPSA) is 76.5 Å². The van der Waals surface area contributed by atoms with Gasteiger partial charge >= 0.3 is 0 Å². The van der Waals surface area contributed by atoms with Gasteiger partial charge in [-0.15, -0.1) is 0 Å². The maximum Gasteiger partial charge on any atom is 0.258 e. The second kappa shape index (κ2) is 7.70. The Morgan fingerprint density at radius 1 is 1.31 bits per heavy atom. The van der Waals surface area contributed by atoms with Gasteiger partial charge in [0.25, 0.3) is 5.91 Å². The maximum absolute atomic E-state index is 13.1. The van der Waals surface area contributed by atoms with E-state index in [-0.39, 0.29) is 18.4 Å². The number of likely N-dealkylation sites (tertiary alicyclic amines) is 1. The summed E-state index contributed by atoms with van der Waals surface area (Å²) in [5, 5.41) is 6.97. The molecule has 1 atom stereocenters. The van der Waals surface area contributed by atoms with Gasteiger partial charge in [-0.05, 0) is 18.4 Å². The lowest BCUT2D eigenvalue weighted by Gasteiger charge is -2.36. The van der Waals surface area contributed by atoms with Crippen LogP contribution in [0.5, 0.6) is 0 Å². The number of amides is 2. The van der Waals surface area contributed by atoms with Crippen molar-refractivity contribution in [2.24, 2.45) is 0 Å². The molecule has 0 aliphatic carbocycles. The van der Waals surface area contributed by atoms with Crippen LogP contribution in [0.1, 0.15) is 28.8 Å². The molecule has 0 radical (unpaired) electrons. The Morgan fingerprint density at radius 2 is 2.08 bits per heavy atom. The van der Waals surface area contributed by atoms with Gasteiger partial charge in [-0.2, -0.15) is 5.10 Å². The number of likely N-dealkylation sites (N-methyl/N-ethyl adjacent to an activating group) is 1. The Kier molecular flexibility index (Phi) is 5.37. The lowest BCUT2D eigenvalue weighted by Crippen LogP contribution is -2.59. The highest BCUT2D eigenvalue weighted by Gasteiger charge is 2.49. The molecule has 2 amide bonds. The molecule has 7 nitrogen and oxygen atoms in total. The average molecular weight is 356 g/mol. The molecule has 1 aromatic heterocycles. The summed E-state index contributed by atoms with van der Waals surface area (Å²) in [4.78, 5) is 27.2.